The Labute approximate surface area is 88.1 Å². The van der Waals surface area contributed by atoms with E-state index in [4.69, 9.17) is 11.5 Å². The van der Waals surface area contributed by atoms with Gasteiger partial charge >= 0.3 is 0 Å². The maximum atomic E-state index is 5.15. The van der Waals surface area contributed by atoms with E-state index in [9.17, 15) is 0 Å². The third-order valence-corrected chi connectivity index (χ3v) is 1.17. The van der Waals surface area contributed by atoms with Crippen molar-refractivity contribution in [2.75, 3.05) is 0 Å². The van der Waals surface area contributed by atoms with E-state index in [1.807, 2.05) is 12.1 Å². The monoisotopic (exact) mass is 278 g/mol. The summed E-state index contributed by atoms with van der Waals surface area (Å²) in [6.45, 7) is 0.496. The van der Waals surface area contributed by atoms with Crippen molar-refractivity contribution in [3.63, 3.8) is 0 Å². The van der Waals surface area contributed by atoms with Crippen LogP contribution in [0.25, 0.3) is 0 Å². The summed E-state index contributed by atoms with van der Waals surface area (Å²) in [5.74, 6) is 0.105. The van der Waals surface area contributed by atoms with Crippen molar-refractivity contribution in [2.45, 2.75) is 6.54 Å². The molecule has 0 saturated carbocycles. The smallest absolute Gasteiger partial charge is 0.186 e. The molecule has 0 spiro atoms. The number of hydrogen-bond donors (Lipinski definition) is 2. The topological polar surface area (TPSA) is 77.3 Å². The Morgan fingerprint density at radius 2 is 2.25 bits per heavy atom. The van der Waals surface area contributed by atoms with E-state index >= 15 is 0 Å². The normalized spacial score (nSPS) is 8.33. The molecule has 0 amide bonds. The molecule has 1 rings (SSSR count). The van der Waals surface area contributed by atoms with Crippen molar-refractivity contribution in [3.8, 4) is 0 Å². The van der Waals surface area contributed by atoms with Crippen LogP contribution in [0.3, 0.4) is 0 Å². The molecular weight excluding hydrogens is 267 g/mol. The van der Waals surface area contributed by atoms with Gasteiger partial charge in [-0.1, -0.05) is 6.07 Å². The van der Waals surface area contributed by atoms with Gasteiger partial charge in [-0.15, -0.1) is 24.0 Å². The molecular formula is C7H11IN4. The van der Waals surface area contributed by atoms with E-state index in [2.05, 4.69) is 9.98 Å². The van der Waals surface area contributed by atoms with Gasteiger partial charge in [-0.25, -0.2) is 4.99 Å². The average Bonchev–Trinajstić information content (AvgIpc) is 2.03. The van der Waals surface area contributed by atoms with Gasteiger partial charge in [-0.3, -0.25) is 4.98 Å². The van der Waals surface area contributed by atoms with Crippen LogP contribution in [-0.4, -0.2) is 10.9 Å². The number of hydrogen-bond acceptors (Lipinski definition) is 2. The van der Waals surface area contributed by atoms with Crippen LogP contribution >= 0.6 is 24.0 Å². The fourth-order valence-corrected chi connectivity index (χ4v) is 0.674. The van der Waals surface area contributed by atoms with Crippen LogP contribution in [0.5, 0.6) is 0 Å². The third kappa shape index (κ3) is 4.12. The van der Waals surface area contributed by atoms with Gasteiger partial charge in [-0.05, 0) is 11.6 Å². The minimum Gasteiger partial charge on any atom is -0.370 e. The number of aromatic nitrogens is 1. The molecule has 0 radical (unpaired) electrons. The van der Waals surface area contributed by atoms with E-state index in [1.165, 1.54) is 0 Å². The highest BCUT2D eigenvalue weighted by Crippen LogP contribution is 1.96. The minimum atomic E-state index is 0. The summed E-state index contributed by atoms with van der Waals surface area (Å²) in [5, 5.41) is 0. The predicted molar refractivity (Wildman–Crippen MR) is 59.2 cm³/mol. The summed E-state index contributed by atoms with van der Waals surface area (Å²) in [6.07, 6.45) is 3.44. The Kier molecular flexibility index (Phi) is 5.35. The molecule has 1 aromatic heterocycles. The number of nitrogens with zero attached hydrogens (tertiary/aromatic N) is 2. The van der Waals surface area contributed by atoms with Crippen molar-refractivity contribution in [3.05, 3.63) is 30.1 Å². The van der Waals surface area contributed by atoms with Crippen LogP contribution in [-0.2, 0) is 6.54 Å². The van der Waals surface area contributed by atoms with Crippen molar-refractivity contribution in [1.82, 2.24) is 4.98 Å². The Hall–Kier alpha value is -0.850. The van der Waals surface area contributed by atoms with Crippen molar-refractivity contribution < 1.29 is 0 Å². The third-order valence-electron chi connectivity index (χ3n) is 1.17. The molecule has 0 unspecified atom stereocenters. The molecule has 1 heterocycles. The molecule has 12 heavy (non-hydrogen) atoms. The molecule has 0 atom stereocenters. The van der Waals surface area contributed by atoms with Crippen LogP contribution in [0.1, 0.15) is 5.56 Å². The van der Waals surface area contributed by atoms with Gasteiger partial charge < -0.3 is 11.5 Å². The summed E-state index contributed by atoms with van der Waals surface area (Å²) >= 11 is 0. The highest BCUT2D eigenvalue weighted by molar-refractivity contribution is 14.0. The zero-order valence-electron chi connectivity index (χ0n) is 6.47. The molecule has 4 nitrogen and oxygen atoms in total. The highest BCUT2D eigenvalue weighted by atomic mass is 127. The van der Waals surface area contributed by atoms with Gasteiger partial charge in [0.25, 0.3) is 0 Å². The standard InChI is InChI=1S/C7H10N4.HI/c8-7(9)11-5-6-2-1-3-10-4-6;/h1-4H,5H2,(H4,8,9,11);1H. The number of rotatable bonds is 2. The Morgan fingerprint density at radius 1 is 1.50 bits per heavy atom. The largest absolute Gasteiger partial charge is 0.370 e. The molecule has 5 heteroatoms. The van der Waals surface area contributed by atoms with Crippen LogP contribution in [0.2, 0.25) is 0 Å². The molecule has 0 aliphatic heterocycles. The van der Waals surface area contributed by atoms with E-state index < -0.39 is 0 Å². The Morgan fingerprint density at radius 3 is 2.75 bits per heavy atom. The lowest BCUT2D eigenvalue weighted by Crippen LogP contribution is -2.22. The van der Waals surface area contributed by atoms with Crippen LogP contribution in [0, 0.1) is 0 Å². The van der Waals surface area contributed by atoms with Crippen LogP contribution < -0.4 is 11.5 Å². The van der Waals surface area contributed by atoms with Crippen molar-refractivity contribution in [1.29, 1.82) is 0 Å². The number of halogens is 1. The average molecular weight is 278 g/mol. The van der Waals surface area contributed by atoms with Crippen molar-refractivity contribution >= 4 is 29.9 Å². The van der Waals surface area contributed by atoms with Crippen molar-refractivity contribution in [2.24, 2.45) is 16.5 Å². The molecule has 0 aromatic carbocycles. The van der Waals surface area contributed by atoms with Crippen LogP contribution in [0.4, 0.5) is 0 Å². The second kappa shape index (κ2) is 5.76. The minimum absolute atomic E-state index is 0. The summed E-state index contributed by atoms with van der Waals surface area (Å²) < 4.78 is 0. The van der Waals surface area contributed by atoms with Gasteiger partial charge in [0.2, 0.25) is 0 Å². The molecule has 66 valence electrons. The maximum Gasteiger partial charge on any atom is 0.186 e. The van der Waals surface area contributed by atoms with Gasteiger partial charge in [0.15, 0.2) is 5.96 Å². The first-order valence-corrected chi connectivity index (χ1v) is 3.23. The van der Waals surface area contributed by atoms with Gasteiger partial charge in [0.1, 0.15) is 0 Å². The Bertz CT molecular complexity index is 243. The lowest BCUT2D eigenvalue weighted by molar-refractivity contribution is 1.03. The molecule has 0 fully saturated rings. The number of nitrogens with two attached hydrogens (primary N) is 2. The second-order valence-electron chi connectivity index (χ2n) is 2.10. The first-order chi connectivity index (χ1) is 5.29. The van der Waals surface area contributed by atoms with Gasteiger partial charge in [-0.2, -0.15) is 0 Å². The second-order valence-corrected chi connectivity index (χ2v) is 2.10. The summed E-state index contributed by atoms with van der Waals surface area (Å²) in [5.41, 5.74) is 11.3. The summed E-state index contributed by atoms with van der Waals surface area (Å²) in [6, 6.07) is 3.76. The molecule has 0 aliphatic rings. The molecule has 0 aliphatic carbocycles. The van der Waals surface area contributed by atoms with E-state index in [-0.39, 0.29) is 29.9 Å². The maximum absolute atomic E-state index is 5.15. The fraction of sp³-hybridized carbons (Fsp3) is 0.143. The zero-order valence-corrected chi connectivity index (χ0v) is 8.80. The zero-order chi connectivity index (χ0) is 8.10. The quantitative estimate of drug-likeness (QED) is 0.469. The highest BCUT2D eigenvalue weighted by Gasteiger charge is 1.87. The van der Waals surface area contributed by atoms with E-state index in [0.717, 1.165) is 5.56 Å². The molecule has 1 aromatic rings. The SMILES string of the molecule is I.NC(N)=NCc1cccnc1. The Balaban J connectivity index is 0.00000121. The number of guanidine groups is 1. The van der Waals surface area contributed by atoms with Gasteiger partial charge in [0, 0.05) is 12.4 Å². The molecule has 0 saturated heterocycles. The first-order valence-electron chi connectivity index (χ1n) is 3.23. The fourth-order valence-electron chi connectivity index (χ4n) is 0.674. The molecule has 0 bridgehead atoms. The van der Waals surface area contributed by atoms with E-state index in [1.54, 1.807) is 12.4 Å². The number of aliphatic imine (C=N–C) groups is 1. The first kappa shape index (κ1) is 11.2. The predicted octanol–water partition coefficient (Wildman–Crippen LogP) is 0.473. The van der Waals surface area contributed by atoms with Crippen LogP contribution in [0.15, 0.2) is 29.5 Å². The number of pyridine rings is 1. The molecule has 4 N–H and O–H groups in total. The summed E-state index contributed by atoms with van der Waals surface area (Å²) in [4.78, 5) is 7.74. The van der Waals surface area contributed by atoms with E-state index in [0.29, 0.717) is 6.54 Å². The summed E-state index contributed by atoms with van der Waals surface area (Å²) in [7, 11) is 0. The lowest BCUT2D eigenvalue weighted by Gasteiger charge is -1.93. The van der Waals surface area contributed by atoms with Gasteiger partial charge in [0.05, 0.1) is 6.54 Å². The lowest BCUT2D eigenvalue weighted by atomic mass is 10.3.